The molecule has 0 bridgehead atoms. The van der Waals surface area contributed by atoms with E-state index in [4.69, 9.17) is 18.9 Å². The maximum absolute atomic E-state index is 11.2. The van der Waals surface area contributed by atoms with Crippen molar-refractivity contribution in [1.82, 2.24) is 0 Å². The molecule has 9 unspecified atom stereocenters. The molecule has 0 aromatic heterocycles. The molecule has 0 spiro atoms. The second-order valence-electron chi connectivity index (χ2n) is 14.2. The smallest absolute Gasteiger partial charge is 0.0923 e. The Balaban J connectivity index is 1.37. The van der Waals surface area contributed by atoms with E-state index in [9.17, 15) is 10.2 Å². The van der Waals surface area contributed by atoms with Crippen molar-refractivity contribution in [2.75, 3.05) is 0 Å². The van der Waals surface area contributed by atoms with Crippen LogP contribution in [0.25, 0.3) is 0 Å². The Morgan fingerprint density at radius 1 is 0.784 bits per heavy atom. The largest absolute Gasteiger partial charge is 0.387 e. The van der Waals surface area contributed by atoms with E-state index in [-0.39, 0.29) is 41.2 Å². The van der Waals surface area contributed by atoms with Crippen molar-refractivity contribution in [1.29, 1.82) is 0 Å². The lowest BCUT2D eigenvalue weighted by Crippen LogP contribution is -2.63. The molecule has 0 aliphatic carbocycles. The molecule has 4 aliphatic heterocycles. The minimum atomic E-state index is -1.00. The average molecular weight is 588 g/mol. The summed E-state index contributed by atoms with van der Waals surface area (Å²) in [4.78, 5) is 0.356. The highest BCUT2D eigenvalue weighted by Gasteiger charge is 2.57. The number of hydrogen-bond acceptors (Lipinski definition) is 6. The van der Waals surface area contributed by atoms with E-state index in [1.807, 2.05) is 13.0 Å². The zero-order valence-electron chi connectivity index (χ0n) is 24.3. The summed E-state index contributed by atoms with van der Waals surface area (Å²) in [5.41, 5.74) is -3.18. The SMILES string of the molecule is CC(C)(O)C=CCC(C)(O)C1CCC(C)(C2CCC3OC(C4(C)CCC(Br)C(C)(C)O4)CCC3(C)O2)O1. The topological polar surface area (TPSA) is 77.4 Å². The molecule has 9 atom stereocenters. The monoisotopic (exact) mass is 586 g/mol. The van der Waals surface area contributed by atoms with Gasteiger partial charge in [-0.05, 0) is 113 Å². The molecular weight excluding hydrogens is 536 g/mol. The van der Waals surface area contributed by atoms with E-state index >= 15 is 0 Å². The number of aliphatic hydroxyl groups is 2. The zero-order chi connectivity index (χ0) is 27.5. The Kier molecular flexibility index (Phi) is 8.19. The van der Waals surface area contributed by atoms with E-state index in [1.165, 1.54) is 0 Å². The molecule has 7 heteroatoms. The van der Waals surface area contributed by atoms with E-state index in [0.29, 0.717) is 11.2 Å². The number of fused-ring (bicyclic) bond motifs is 1. The molecule has 4 heterocycles. The van der Waals surface area contributed by atoms with Crippen LogP contribution in [0, 0.1) is 0 Å². The molecule has 4 aliphatic rings. The first-order valence-corrected chi connectivity index (χ1v) is 15.3. The molecule has 0 aromatic carbocycles. The number of alkyl halides is 1. The van der Waals surface area contributed by atoms with Crippen LogP contribution in [0.15, 0.2) is 12.2 Å². The van der Waals surface area contributed by atoms with Crippen molar-refractivity contribution in [3.8, 4) is 0 Å². The van der Waals surface area contributed by atoms with Crippen molar-refractivity contribution < 1.29 is 29.2 Å². The lowest BCUT2D eigenvalue weighted by atomic mass is 9.75. The van der Waals surface area contributed by atoms with Crippen LogP contribution in [0.2, 0.25) is 0 Å². The fourth-order valence-electron chi connectivity index (χ4n) is 7.02. The fraction of sp³-hybridized carbons (Fsp3) is 0.933. The van der Waals surface area contributed by atoms with Gasteiger partial charge in [0.1, 0.15) is 0 Å². The summed E-state index contributed by atoms with van der Waals surface area (Å²) in [6.07, 6.45) is 11.2. The fourth-order valence-corrected chi connectivity index (χ4v) is 7.34. The Hall–Kier alpha value is -0.0200. The highest BCUT2D eigenvalue weighted by atomic mass is 79.9. The van der Waals surface area contributed by atoms with Crippen molar-refractivity contribution in [3.63, 3.8) is 0 Å². The minimum Gasteiger partial charge on any atom is -0.387 e. The Morgan fingerprint density at radius 3 is 2.00 bits per heavy atom. The number of hydrogen-bond donors (Lipinski definition) is 2. The molecule has 2 N–H and O–H groups in total. The second kappa shape index (κ2) is 10.1. The average Bonchev–Trinajstić information content (AvgIpc) is 3.18. The van der Waals surface area contributed by atoms with Crippen LogP contribution in [0.3, 0.4) is 0 Å². The van der Waals surface area contributed by atoms with Crippen LogP contribution in [0.4, 0.5) is 0 Å². The van der Waals surface area contributed by atoms with E-state index in [0.717, 1.165) is 51.4 Å². The predicted molar refractivity (Wildman–Crippen MR) is 149 cm³/mol. The van der Waals surface area contributed by atoms with Gasteiger partial charge >= 0.3 is 0 Å². The van der Waals surface area contributed by atoms with Gasteiger partial charge in [0.05, 0.1) is 58.0 Å². The van der Waals surface area contributed by atoms with Crippen LogP contribution in [0.1, 0.15) is 113 Å². The maximum atomic E-state index is 11.2. The summed E-state index contributed by atoms with van der Waals surface area (Å²) in [5.74, 6) is 0. The molecule has 0 radical (unpaired) electrons. The van der Waals surface area contributed by atoms with Crippen LogP contribution >= 0.6 is 15.9 Å². The summed E-state index contributed by atoms with van der Waals surface area (Å²) >= 11 is 3.80. The van der Waals surface area contributed by atoms with Crippen molar-refractivity contribution in [3.05, 3.63) is 12.2 Å². The summed E-state index contributed by atoms with van der Waals surface area (Å²) in [6.45, 7) is 16.2. The van der Waals surface area contributed by atoms with Gasteiger partial charge in [-0.1, -0.05) is 28.1 Å². The standard InChI is InChI=1S/C30H51BrO6/c1-25(2,32)15-9-16-27(5,33)21-13-18-29(7,35-21)24-11-10-22-28(6,36-24)19-14-23(34-22)30(8)17-12-20(31)26(3,4)37-30/h9,15,20-24,32-33H,10-14,16-19H2,1-8H3. The Bertz CT molecular complexity index is 851. The van der Waals surface area contributed by atoms with Crippen LogP contribution < -0.4 is 0 Å². The molecule has 37 heavy (non-hydrogen) atoms. The lowest BCUT2D eigenvalue weighted by Gasteiger charge is -2.56. The van der Waals surface area contributed by atoms with Gasteiger partial charge in [0.15, 0.2) is 0 Å². The van der Waals surface area contributed by atoms with Gasteiger partial charge in [0.25, 0.3) is 0 Å². The quantitative estimate of drug-likeness (QED) is 0.294. The minimum absolute atomic E-state index is 0.0313. The van der Waals surface area contributed by atoms with Crippen LogP contribution in [-0.4, -0.2) is 73.1 Å². The second-order valence-corrected chi connectivity index (χ2v) is 15.4. The first-order chi connectivity index (χ1) is 16.9. The molecule has 0 aromatic rings. The molecule has 4 fully saturated rings. The summed E-state index contributed by atoms with van der Waals surface area (Å²) in [5, 5.41) is 21.1. The summed E-state index contributed by atoms with van der Waals surface area (Å²) < 4.78 is 26.9. The van der Waals surface area contributed by atoms with Gasteiger partial charge in [-0.25, -0.2) is 0 Å². The van der Waals surface area contributed by atoms with Crippen molar-refractivity contribution >= 4 is 15.9 Å². The first-order valence-electron chi connectivity index (χ1n) is 14.4. The van der Waals surface area contributed by atoms with Gasteiger partial charge in [-0.2, -0.15) is 0 Å². The number of halogens is 1. The molecule has 4 saturated heterocycles. The van der Waals surface area contributed by atoms with Gasteiger partial charge in [-0.3, -0.25) is 0 Å². The highest BCUT2D eigenvalue weighted by Crippen LogP contribution is 2.50. The van der Waals surface area contributed by atoms with E-state index in [2.05, 4.69) is 50.5 Å². The Labute approximate surface area is 233 Å². The van der Waals surface area contributed by atoms with Crippen molar-refractivity contribution in [2.24, 2.45) is 0 Å². The normalized spacial score (nSPS) is 46.5. The lowest BCUT2D eigenvalue weighted by molar-refractivity contribution is -0.304. The third-order valence-corrected chi connectivity index (χ3v) is 11.1. The van der Waals surface area contributed by atoms with Gasteiger partial charge in [0, 0.05) is 4.83 Å². The van der Waals surface area contributed by atoms with Crippen LogP contribution in [0.5, 0.6) is 0 Å². The van der Waals surface area contributed by atoms with Crippen molar-refractivity contribution in [2.45, 2.75) is 176 Å². The highest BCUT2D eigenvalue weighted by molar-refractivity contribution is 9.09. The number of ether oxygens (including phenoxy) is 4. The first kappa shape index (κ1) is 30.0. The maximum Gasteiger partial charge on any atom is 0.0923 e. The van der Waals surface area contributed by atoms with E-state index < -0.39 is 16.8 Å². The molecular formula is C30H51BrO6. The summed E-state index contributed by atoms with van der Waals surface area (Å²) in [6, 6.07) is 0. The number of rotatable bonds is 6. The van der Waals surface area contributed by atoms with E-state index in [1.54, 1.807) is 19.9 Å². The van der Waals surface area contributed by atoms with Crippen LogP contribution in [-0.2, 0) is 18.9 Å². The Morgan fingerprint density at radius 2 is 1.35 bits per heavy atom. The molecule has 0 saturated carbocycles. The third kappa shape index (κ3) is 6.34. The summed E-state index contributed by atoms with van der Waals surface area (Å²) in [7, 11) is 0. The molecule has 214 valence electrons. The van der Waals surface area contributed by atoms with Gasteiger partial charge in [-0.15, -0.1) is 0 Å². The third-order valence-electron chi connectivity index (χ3n) is 9.59. The molecule has 4 rings (SSSR count). The molecule has 0 amide bonds. The molecule has 6 nitrogen and oxygen atoms in total. The predicted octanol–water partition coefficient (Wildman–Crippen LogP) is 5.99. The van der Waals surface area contributed by atoms with Gasteiger partial charge < -0.3 is 29.2 Å². The van der Waals surface area contributed by atoms with Gasteiger partial charge in [0.2, 0.25) is 0 Å². The zero-order valence-corrected chi connectivity index (χ0v) is 25.9.